The smallest absolute Gasteiger partial charge is 0.279 e. The number of aliphatic hydroxyl groups excluding tert-OH is 1. The molecule has 5 heteroatoms. The minimum Gasteiger partial charge on any atom is -0.369 e. The van der Waals surface area contributed by atoms with E-state index in [2.05, 4.69) is 20.9 Å². The third-order valence-electron chi connectivity index (χ3n) is 3.20. The van der Waals surface area contributed by atoms with E-state index in [1.807, 2.05) is 19.1 Å². The molecule has 1 unspecified atom stereocenters. The van der Waals surface area contributed by atoms with E-state index in [1.165, 1.54) is 4.90 Å². The Bertz CT molecular complexity index is 672. The van der Waals surface area contributed by atoms with Crippen LogP contribution < -0.4 is 4.90 Å². The lowest BCUT2D eigenvalue weighted by Crippen LogP contribution is -2.27. The van der Waals surface area contributed by atoms with Gasteiger partial charge in [-0.2, -0.15) is 0 Å². The molecule has 19 heavy (non-hydrogen) atoms. The van der Waals surface area contributed by atoms with Gasteiger partial charge in [0.15, 0.2) is 6.23 Å². The number of aromatic nitrogens is 1. The minimum absolute atomic E-state index is 0.273. The van der Waals surface area contributed by atoms with Crippen molar-refractivity contribution in [2.24, 2.45) is 0 Å². The van der Waals surface area contributed by atoms with Gasteiger partial charge in [0.2, 0.25) is 0 Å². The lowest BCUT2D eigenvalue weighted by Gasteiger charge is -2.21. The zero-order valence-corrected chi connectivity index (χ0v) is 11.8. The molecule has 0 saturated carbocycles. The van der Waals surface area contributed by atoms with Crippen molar-refractivity contribution in [2.75, 3.05) is 4.90 Å². The first-order valence-corrected chi connectivity index (χ1v) is 6.61. The molecule has 1 aromatic carbocycles. The molecule has 1 aliphatic heterocycles. The van der Waals surface area contributed by atoms with E-state index in [1.54, 1.807) is 24.4 Å². The molecule has 96 valence electrons. The number of aryl methyl sites for hydroxylation is 1. The summed E-state index contributed by atoms with van der Waals surface area (Å²) < 4.78 is 0.966. The summed E-state index contributed by atoms with van der Waals surface area (Å²) in [6.07, 6.45) is 0.580. The van der Waals surface area contributed by atoms with Gasteiger partial charge in [0.25, 0.3) is 5.91 Å². The quantitative estimate of drug-likeness (QED) is 0.879. The number of anilines is 1. The van der Waals surface area contributed by atoms with Crippen LogP contribution >= 0.6 is 15.9 Å². The van der Waals surface area contributed by atoms with E-state index in [-0.39, 0.29) is 5.91 Å². The number of hydrogen-bond donors (Lipinski definition) is 1. The van der Waals surface area contributed by atoms with Crippen molar-refractivity contribution in [3.8, 4) is 0 Å². The number of rotatable bonds is 1. The monoisotopic (exact) mass is 318 g/mol. The molecule has 1 N–H and O–H groups in total. The van der Waals surface area contributed by atoms with Gasteiger partial charge in [0.05, 0.1) is 0 Å². The van der Waals surface area contributed by atoms with Crippen LogP contribution in [0.15, 0.2) is 41.0 Å². The second-order valence-electron chi connectivity index (χ2n) is 4.42. The number of carbonyl (C=O) groups is 1. The van der Waals surface area contributed by atoms with E-state index < -0.39 is 6.23 Å². The fraction of sp³-hybridized carbons (Fsp3) is 0.143. The zero-order chi connectivity index (χ0) is 13.6. The fourth-order valence-corrected chi connectivity index (χ4v) is 2.45. The Morgan fingerprint density at radius 3 is 2.84 bits per heavy atom. The average Bonchev–Trinajstić information content (AvgIpc) is 2.66. The van der Waals surface area contributed by atoms with E-state index in [9.17, 15) is 9.90 Å². The summed E-state index contributed by atoms with van der Waals surface area (Å²) in [5.74, 6) is -0.273. The largest absolute Gasteiger partial charge is 0.369 e. The highest BCUT2D eigenvalue weighted by atomic mass is 79.9. The molecule has 1 atom stereocenters. The molecule has 4 nitrogen and oxygen atoms in total. The molecule has 0 fully saturated rings. The van der Waals surface area contributed by atoms with Crippen molar-refractivity contribution >= 4 is 27.5 Å². The maximum Gasteiger partial charge on any atom is 0.279 e. The molecule has 2 heterocycles. The molecule has 3 rings (SSSR count). The second-order valence-corrected chi connectivity index (χ2v) is 5.28. The Kier molecular flexibility index (Phi) is 2.88. The second kappa shape index (κ2) is 4.43. The van der Waals surface area contributed by atoms with Crippen LogP contribution in [0.4, 0.5) is 5.69 Å². The lowest BCUT2D eigenvalue weighted by molar-refractivity contribution is 0.0932. The van der Waals surface area contributed by atoms with Crippen molar-refractivity contribution in [3.05, 3.63) is 57.8 Å². The molecule has 1 aromatic heterocycles. The highest BCUT2D eigenvalue weighted by Gasteiger charge is 2.37. The van der Waals surface area contributed by atoms with E-state index in [4.69, 9.17) is 0 Å². The van der Waals surface area contributed by atoms with Gasteiger partial charge in [-0.25, -0.2) is 0 Å². The van der Waals surface area contributed by atoms with Gasteiger partial charge >= 0.3 is 0 Å². The van der Waals surface area contributed by atoms with Crippen molar-refractivity contribution in [1.29, 1.82) is 0 Å². The number of benzene rings is 1. The van der Waals surface area contributed by atoms with Crippen LogP contribution in [0.3, 0.4) is 0 Å². The first kappa shape index (κ1) is 12.3. The normalized spacial score (nSPS) is 17.7. The molecule has 0 saturated heterocycles. The summed E-state index contributed by atoms with van der Waals surface area (Å²) in [7, 11) is 0. The molecule has 0 radical (unpaired) electrons. The molecule has 0 spiro atoms. The highest BCUT2D eigenvalue weighted by molar-refractivity contribution is 9.10. The SMILES string of the molecule is Cc1cc(N2C(=O)c3ncccc3C2O)ccc1Br. The number of fused-ring (bicyclic) bond motifs is 1. The van der Waals surface area contributed by atoms with Gasteiger partial charge in [0.1, 0.15) is 5.69 Å². The van der Waals surface area contributed by atoms with Crippen LogP contribution in [0.25, 0.3) is 0 Å². The van der Waals surface area contributed by atoms with Crippen LogP contribution in [-0.2, 0) is 0 Å². The standard InChI is InChI=1S/C14H11BrN2O2/c1-8-7-9(4-5-11(8)15)17-13(18)10-3-2-6-16-12(10)14(17)19/h2-7,13,18H,1H3. The van der Waals surface area contributed by atoms with Crippen LogP contribution in [0.5, 0.6) is 0 Å². The number of halogens is 1. The maximum absolute atomic E-state index is 12.3. The Morgan fingerprint density at radius 2 is 2.16 bits per heavy atom. The Morgan fingerprint density at radius 1 is 1.37 bits per heavy atom. The van der Waals surface area contributed by atoms with Crippen molar-refractivity contribution in [3.63, 3.8) is 0 Å². The average molecular weight is 319 g/mol. The topological polar surface area (TPSA) is 53.4 Å². The molecular weight excluding hydrogens is 308 g/mol. The zero-order valence-electron chi connectivity index (χ0n) is 10.2. The summed E-state index contributed by atoms with van der Waals surface area (Å²) >= 11 is 3.42. The van der Waals surface area contributed by atoms with Gasteiger partial charge in [0, 0.05) is 21.9 Å². The Hall–Kier alpha value is -1.72. The third-order valence-corrected chi connectivity index (χ3v) is 4.09. The van der Waals surface area contributed by atoms with Gasteiger partial charge < -0.3 is 5.11 Å². The fourth-order valence-electron chi connectivity index (χ4n) is 2.21. The molecule has 0 bridgehead atoms. The molecule has 2 aromatic rings. The summed E-state index contributed by atoms with van der Waals surface area (Å²) in [6.45, 7) is 1.94. The molecular formula is C14H11BrN2O2. The molecule has 1 amide bonds. The van der Waals surface area contributed by atoms with Gasteiger partial charge in [-0.05, 0) is 36.8 Å². The Balaban J connectivity index is 2.08. The first-order valence-electron chi connectivity index (χ1n) is 5.82. The minimum atomic E-state index is -0.975. The number of carbonyl (C=O) groups excluding carboxylic acids is 1. The van der Waals surface area contributed by atoms with Gasteiger partial charge in [-0.1, -0.05) is 22.0 Å². The summed E-state index contributed by atoms with van der Waals surface area (Å²) in [6, 6.07) is 8.95. The predicted octanol–water partition coefficient (Wildman–Crippen LogP) is 2.80. The first-order chi connectivity index (χ1) is 9.09. The van der Waals surface area contributed by atoms with E-state index in [0.717, 1.165) is 10.0 Å². The number of amides is 1. The number of nitrogens with zero attached hydrogens (tertiary/aromatic N) is 2. The Labute approximate surface area is 118 Å². The summed E-state index contributed by atoms with van der Waals surface area (Å²) in [5, 5.41) is 10.3. The van der Waals surface area contributed by atoms with Crippen LogP contribution in [0, 0.1) is 6.92 Å². The van der Waals surface area contributed by atoms with E-state index >= 15 is 0 Å². The van der Waals surface area contributed by atoms with E-state index in [0.29, 0.717) is 16.9 Å². The third kappa shape index (κ3) is 1.86. The van der Waals surface area contributed by atoms with Crippen molar-refractivity contribution < 1.29 is 9.90 Å². The summed E-state index contributed by atoms with van der Waals surface area (Å²) in [5.41, 5.74) is 2.53. The van der Waals surface area contributed by atoms with Crippen molar-refractivity contribution in [2.45, 2.75) is 13.2 Å². The van der Waals surface area contributed by atoms with Crippen LogP contribution in [-0.4, -0.2) is 16.0 Å². The summed E-state index contributed by atoms with van der Waals surface area (Å²) in [4.78, 5) is 17.7. The van der Waals surface area contributed by atoms with Crippen molar-refractivity contribution in [1.82, 2.24) is 4.98 Å². The maximum atomic E-state index is 12.3. The van der Waals surface area contributed by atoms with Crippen LogP contribution in [0.1, 0.15) is 27.8 Å². The number of hydrogen-bond acceptors (Lipinski definition) is 3. The number of aliphatic hydroxyl groups is 1. The highest BCUT2D eigenvalue weighted by Crippen LogP contribution is 2.35. The molecule has 0 aliphatic carbocycles. The van der Waals surface area contributed by atoms with Gasteiger partial charge in [-0.15, -0.1) is 0 Å². The van der Waals surface area contributed by atoms with Crippen LogP contribution in [0.2, 0.25) is 0 Å². The predicted molar refractivity (Wildman–Crippen MR) is 74.9 cm³/mol. The number of pyridine rings is 1. The lowest BCUT2D eigenvalue weighted by atomic mass is 10.2. The molecule has 1 aliphatic rings. The van der Waals surface area contributed by atoms with Gasteiger partial charge in [-0.3, -0.25) is 14.7 Å².